The summed E-state index contributed by atoms with van der Waals surface area (Å²) in [5.74, 6) is -0.446. The molecule has 0 radical (unpaired) electrons. The van der Waals surface area contributed by atoms with Gasteiger partial charge < -0.3 is 15.1 Å². The first-order valence-corrected chi connectivity index (χ1v) is 12.3. The summed E-state index contributed by atoms with van der Waals surface area (Å²) < 4.78 is 25.3. The standard InChI is InChI=1S/C20H29ClN4O4S/c1-2-30(28,29)25-8-6-16(7-9-25)20(27)22-15-19(26)24-12-10-23(11-13-24)18-5-3-4-17(21)14-18/h3-5,14,16H,2,6-13,15H2,1H3,(H,22,27). The second-order valence-electron chi connectivity index (χ2n) is 7.64. The Bertz CT molecular complexity index is 863. The summed E-state index contributed by atoms with van der Waals surface area (Å²) in [6.45, 7) is 4.91. The predicted molar refractivity (Wildman–Crippen MR) is 117 cm³/mol. The molecule has 2 fully saturated rings. The van der Waals surface area contributed by atoms with Crippen LogP contribution in [0.3, 0.4) is 0 Å². The Balaban J connectivity index is 1.40. The molecule has 30 heavy (non-hydrogen) atoms. The van der Waals surface area contributed by atoms with Crippen LogP contribution < -0.4 is 10.2 Å². The lowest BCUT2D eigenvalue weighted by Crippen LogP contribution is -2.52. The van der Waals surface area contributed by atoms with Crippen molar-refractivity contribution in [3.05, 3.63) is 29.3 Å². The maximum absolute atomic E-state index is 12.5. The number of piperidine rings is 1. The van der Waals surface area contributed by atoms with Crippen molar-refractivity contribution in [2.45, 2.75) is 19.8 Å². The highest BCUT2D eigenvalue weighted by molar-refractivity contribution is 7.89. The predicted octanol–water partition coefficient (Wildman–Crippen LogP) is 1.17. The molecule has 3 rings (SSSR count). The molecule has 2 aliphatic rings. The van der Waals surface area contributed by atoms with Gasteiger partial charge >= 0.3 is 0 Å². The molecule has 0 atom stereocenters. The lowest BCUT2D eigenvalue weighted by atomic mass is 9.97. The average Bonchev–Trinajstić information content (AvgIpc) is 2.77. The molecular weight excluding hydrogens is 428 g/mol. The molecule has 10 heteroatoms. The summed E-state index contributed by atoms with van der Waals surface area (Å²) in [6.07, 6.45) is 0.967. The number of hydrogen-bond donors (Lipinski definition) is 1. The van der Waals surface area contributed by atoms with Crippen molar-refractivity contribution in [3.63, 3.8) is 0 Å². The number of piperazine rings is 1. The molecule has 2 heterocycles. The number of hydrogen-bond acceptors (Lipinski definition) is 5. The molecule has 1 aromatic carbocycles. The van der Waals surface area contributed by atoms with Crippen LogP contribution in [0, 0.1) is 5.92 Å². The molecule has 0 bridgehead atoms. The van der Waals surface area contributed by atoms with Gasteiger partial charge in [-0.25, -0.2) is 12.7 Å². The van der Waals surface area contributed by atoms with Crippen molar-refractivity contribution in [2.24, 2.45) is 5.92 Å². The van der Waals surface area contributed by atoms with E-state index in [1.807, 2.05) is 24.3 Å². The zero-order valence-corrected chi connectivity index (χ0v) is 18.8. The van der Waals surface area contributed by atoms with E-state index in [2.05, 4.69) is 10.2 Å². The maximum atomic E-state index is 12.5. The first kappa shape index (κ1) is 22.8. The van der Waals surface area contributed by atoms with E-state index < -0.39 is 10.0 Å². The highest BCUT2D eigenvalue weighted by atomic mass is 35.5. The van der Waals surface area contributed by atoms with Crippen LogP contribution >= 0.6 is 11.6 Å². The van der Waals surface area contributed by atoms with Gasteiger partial charge in [-0.2, -0.15) is 0 Å². The van der Waals surface area contributed by atoms with E-state index in [1.165, 1.54) is 4.31 Å². The smallest absolute Gasteiger partial charge is 0.242 e. The fraction of sp³-hybridized carbons (Fsp3) is 0.600. The Morgan fingerprint density at radius 1 is 1.10 bits per heavy atom. The minimum atomic E-state index is -3.21. The molecule has 2 aliphatic heterocycles. The van der Waals surface area contributed by atoms with Crippen LogP contribution in [0.2, 0.25) is 5.02 Å². The molecule has 2 saturated heterocycles. The molecule has 8 nitrogen and oxygen atoms in total. The highest BCUT2D eigenvalue weighted by Crippen LogP contribution is 2.21. The molecule has 0 saturated carbocycles. The first-order chi connectivity index (χ1) is 14.3. The molecule has 0 unspecified atom stereocenters. The van der Waals surface area contributed by atoms with Gasteiger partial charge in [-0.1, -0.05) is 17.7 Å². The highest BCUT2D eigenvalue weighted by Gasteiger charge is 2.30. The molecule has 0 aliphatic carbocycles. The van der Waals surface area contributed by atoms with Gasteiger partial charge in [-0.3, -0.25) is 9.59 Å². The lowest BCUT2D eigenvalue weighted by molar-refractivity contribution is -0.134. The van der Waals surface area contributed by atoms with Crippen LogP contribution in [0.1, 0.15) is 19.8 Å². The van der Waals surface area contributed by atoms with E-state index in [-0.39, 0.29) is 30.0 Å². The summed E-state index contributed by atoms with van der Waals surface area (Å²) >= 11 is 6.05. The van der Waals surface area contributed by atoms with Crippen molar-refractivity contribution >= 4 is 39.1 Å². The third-order valence-corrected chi connectivity index (χ3v) is 7.92. The summed E-state index contributed by atoms with van der Waals surface area (Å²) in [7, 11) is -3.21. The van der Waals surface area contributed by atoms with Crippen molar-refractivity contribution in [1.82, 2.24) is 14.5 Å². The van der Waals surface area contributed by atoms with Gasteiger partial charge in [-0.15, -0.1) is 0 Å². The third-order valence-electron chi connectivity index (χ3n) is 5.80. The number of nitrogens with zero attached hydrogens (tertiary/aromatic N) is 3. The van der Waals surface area contributed by atoms with Crippen LogP contribution in [-0.4, -0.2) is 81.0 Å². The summed E-state index contributed by atoms with van der Waals surface area (Å²) in [5, 5.41) is 3.43. The van der Waals surface area contributed by atoms with Gasteiger partial charge in [0.05, 0.1) is 12.3 Å². The van der Waals surface area contributed by atoms with Crippen molar-refractivity contribution in [3.8, 4) is 0 Å². The number of carbonyl (C=O) groups is 2. The number of amides is 2. The van der Waals surface area contributed by atoms with Gasteiger partial charge in [0.15, 0.2) is 0 Å². The Morgan fingerprint density at radius 2 is 1.77 bits per heavy atom. The SMILES string of the molecule is CCS(=O)(=O)N1CCC(C(=O)NCC(=O)N2CCN(c3cccc(Cl)c3)CC2)CC1. The van der Waals surface area contributed by atoms with Gasteiger partial charge in [0.25, 0.3) is 0 Å². The Kier molecular flexibility index (Phi) is 7.60. The summed E-state index contributed by atoms with van der Waals surface area (Å²) in [6, 6.07) is 7.66. The van der Waals surface area contributed by atoms with Gasteiger partial charge in [-0.05, 0) is 38.0 Å². The van der Waals surface area contributed by atoms with Crippen LogP contribution in [0.15, 0.2) is 24.3 Å². The number of halogens is 1. The Hall–Kier alpha value is -1.84. The monoisotopic (exact) mass is 456 g/mol. The molecule has 0 aromatic heterocycles. The largest absolute Gasteiger partial charge is 0.368 e. The van der Waals surface area contributed by atoms with Crippen molar-refractivity contribution < 1.29 is 18.0 Å². The van der Waals surface area contributed by atoms with Gasteiger partial charge in [0.2, 0.25) is 21.8 Å². The molecular formula is C20H29ClN4O4S. The van der Waals surface area contributed by atoms with E-state index in [0.717, 1.165) is 5.69 Å². The molecule has 166 valence electrons. The van der Waals surface area contributed by atoms with Crippen LogP contribution in [0.25, 0.3) is 0 Å². The van der Waals surface area contributed by atoms with Crippen molar-refractivity contribution in [1.29, 1.82) is 0 Å². The Morgan fingerprint density at radius 3 is 2.37 bits per heavy atom. The zero-order valence-electron chi connectivity index (χ0n) is 17.2. The summed E-state index contributed by atoms with van der Waals surface area (Å²) in [5.41, 5.74) is 1.04. The summed E-state index contributed by atoms with van der Waals surface area (Å²) in [4.78, 5) is 28.8. The van der Waals surface area contributed by atoms with E-state index >= 15 is 0 Å². The number of benzene rings is 1. The average molecular weight is 457 g/mol. The number of rotatable bonds is 6. The van der Waals surface area contributed by atoms with Crippen molar-refractivity contribution in [2.75, 3.05) is 56.5 Å². The fourth-order valence-electron chi connectivity index (χ4n) is 3.88. The number of nitrogens with one attached hydrogen (secondary N) is 1. The normalized spacial score (nSPS) is 19.0. The van der Waals surface area contributed by atoms with E-state index in [4.69, 9.17) is 11.6 Å². The number of carbonyl (C=O) groups excluding carboxylic acids is 2. The minimum absolute atomic E-state index is 0.0243. The maximum Gasteiger partial charge on any atom is 0.242 e. The second-order valence-corrected chi connectivity index (χ2v) is 10.3. The third kappa shape index (κ3) is 5.65. The number of sulfonamides is 1. The zero-order chi connectivity index (χ0) is 21.7. The fourth-order valence-corrected chi connectivity index (χ4v) is 5.20. The quantitative estimate of drug-likeness (QED) is 0.693. The first-order valence-electron chi connectivity index (χ1n) is 10.3. The van der Waals surface area contributed by atoms with Crippen LogP contribution in [-0.2, 0) is 19.6 Å². The molecule has 0 spiro atoms. The van der Waals surface area contributed by atoms with E-state index in [1.54, 1.807) is 11.8 Å². The topological polar surface area (TPSA) is 90.0 Å². The lowest BCUT2D eigenvalue weighted by Gasteiger charge is -2.36. The van der Waals surface area contributed by atoms with Crippen LogP contribution in [0.4, 0.5) is 5.69 Å². The van der Waals surface area contributed by atoms with Gasteiger partial charge in [0, 0.05) is 55.9 Å². The van der Waals surface area contributed by atoms with E-state index in [9.17, 15) is 18.0 Å². The molecule has 1 N–H and O–H groups in total. The molecule has 1 aromatic rings. The minimum Gasteiger partial charge on any atom is -0.368 e. The molecule has 2 amide bonds. The van der Waals surface area contributed by atoms with Gasteiger partial charge in [0.1, 0.15) is 0 Å². The van der Waals surface area contributed by atoms with E-state index in [0.29, 0.717) is 57.1 Å². The number of anilines is 1. The second kappa shape index (κ2) is 9.98. The van der Waals surface area contributed by atoms with Crippen LogP contribution in [0.5, 0.6) is 0 Å². The Labute approximate surface area is 183 Å².